The Hall–Kier alpha value is -0.870. The first-order valence-electron chi connectivity index (χ1n) is 5.60. The molecular weight excluding hydrogens is 284 g/mol. The van der Waals surface area contributed by atoms with Gasteiger partial charge in [-0.25, -0.2) is 0 Å². The lowest BCUT2D eigenvalue weighted by Gasteiger charge is -2.43. The van der Waals surface area contributed by atoms with Gasteiger partial charge >= 0.3 is 5.97 Å². The van der Waals surface area contributed by atoms with Crippen LogP contribution in [-0.2, 0) is 14.9 Å². The van der Waals surface area contributed by atoms with Crippen LogP contribution in [-0.4, -0.2) is 24.3 Å². The SMILES string of the molecule is CC(CC1(c2ccc(Br)cc2)COC1)C(=O)O. The number of benzene rings is 1. The summed E-state index contributed by atoms with van der Waals surface area (Å²) in [6.07, 6.45) is 0.629. The smallest absolute Gasteiger partial charge is 0.306 e. The topological polar surface area (TPSA) is 46.5 Å². The summed E-state index contributed by atoms with van der Waals surface area (Å²) >= 11 is 3.40. The summed E-state index contributed by atoms with van der Waals surface area (Å²) < 4.78 is 6.33. The highest BCUT2D eigenvalue weighted by molar-refractivity contribution is 9.10. The van der Waals surface area contributed by atoms with E-state index in [2.05, 4.69) is 15.9 Å². The molecule has 0 radical (unpaired) electrons. The maximum atomic E-state index is 11.0. The molecule has 0 aliphatic carbocycles. The van der Waals surface area contributed by atoms with E-state index in [1.165, 1.54) is 5.56 Å². The van der Waals surface area contributed by atoms with Crippen molar-refractivity contribution in [3.63, 3.8) is 0 Å². The van der Waals surface area contributed by atoms with Gasteiger partial charge in [0.2, 0.25) is 0 Å². The molecule has 0 bridgehead atoms. The summed E-state index contributed by atoms with van der Waals surface area (Å²) in [6.45, 7) is 2.99. The van der Waals surface area contributed by atoms with Crippen molar-refractivity contribution < 1.29 is 14.6 Å². The third-order valence-electron chi connectivity index (χ3n) is 3.33. The van der Waals surface area contributed by atoms with Gasteiger partial charge in [-0.15, -0.1) is 0 Å². The largest absolute Gasteiger partial charge is 0.481 e. The van der Waals surface area contributed by atoms with Gasteiger partial charge in [-0.05, 0) is 24.1 Å². The van der Waals surface area contributed by atoms with Gasteiger partial charge in [0.05, 0.1) is 19.1 Å². The molecule has 1 aliphatic heterocycles. The second-order valence-corrected chi connectivity index (χ2v) is 5.64. The monoisotopic (exact) mass is 298 g/mol. The minimum Gasteiger partial charge on any atom is -0.481 e. The molecule has 1 aliphatic rings. The van der Waals surface area contributed by atoms with Crippen molar-refractivity contribution in [2.45, 2.75) is 18.8 Å². The van der Waals surface area contributed by atoms with Crippen LogP contribution in [0.3, 0.4) is 0 Å². The Morgan fingerprint density at radius 2 is 2.06 bits per heavy atom. The summed E-state index contributed by atoms with van der Waals surface area (Å²) in [6, 6.07) is 8.06. The lowest BCUT2D eigenvalue weighted by Crippen LogP contribution is -2.48. The number of rotatable bonds is 4. The lowest BCUT2D eigenvalue weighted by molar-refractivity contribution is -0.144. The van der Waals surface area contributed by atoms with Crippen LogP contribution < -0.4 is 0 Å². The Bertz CT molecular complexity index is 409. The molecular formula is C13H15BrO3. The van der Waals surface area contributed by atoms with Crippen molar-refractivity contribution >= 4 is 21.9 Å². The number of carboxylic acids is 1. The third-order valence-corrected chi connectivity index (χ3v) is 3.86. The van der Waals surface area contributed by atoms with Crippen LogP contribution in [0, 0.1) is 5.92 Å². The number of aliphatic carboxylic acids is 1. The molecule has 1 aromatic rings. The van der Waals surface area contributed by atoms with Gasteiger partial charge in [-0.1, -0.05) is 35.0 Å². The molecule has 1 heterocycles. The maximum Gasteiger partial charge on any atom is 0.306 e. The van der Waals surface area contributed by atoms with Crippen molar-refractivity contribution in [1.82, 2.24) is 0 Å². The Morgan fingerprint density at radius 1 is 1.47 bits per heavy atom. The standard InChI is InChI=1S/C13H15BrO3/c1-9(12(15)16)6-13(7-17-8-13)10-2-4-11(14)5-3-10/h2-5,9H,6-8H2,1H3,(H,15,16). The Morgan fingerprint density at radius 3 is 2.47 bits per heavy atom. The van der Waals surface area contributed by atoms with Crippen LogP contribution in [0.5, 0.6) is 0 Å². The molecule has 17 heavy (non-hydrogen) atoms. The zero-order valence-corrected chi connectivity index (χ0v) is 11.2. The van der Waals surface area contributed by atoms with Crippen LogP contribution in [0.2, 0.25) is 0 Å². The fraction of sp³-hybridized carbons (Fsp3) is 0.462. The first-order valence-corrected chi connectivity index (χ1v) is 6.39. The first-order chi connectivity index (χ1) is 8.03. The van der Waals surface area contributed by atoms with Gasteiger partial charge < -0.3 is 9.84 Å². The van der Waals surface area contributed by atoms with E-state index < -0.39 is 5.97 Å². The van der Waals surface area contributed by atoms with E-state index in [0.717, 1.165) is 4.47 Å². The molecule has 1 aromatic carbocycles. The molecule has 0 aromatic heterocycles. The van der Waals surface area contributed by atoms with Gasteiger partial charge in [0.1, 0.15) is 0 Å². The zero-order chi connectivity index (χ0) is 12.5. The number of carbonyl (C=O) groups is 1. The van der Waals surface area contributed by atoms with Gasteiger partial charge in [0, 0.05) is 9.89 Å². The quantitative estimate of drug-likeness (QED) is 0.930. The molecule has 4 heteroatoms. The minimum absolute atomic E-state index is 0.113. The molecule has 0 amide bonds. The normalized spacial score (nSPS) is 19.4. The van der Waals surface area contributed by atoms with E-state index in [1.807, 2.05) is 24.3 Å². The van der Waals surface area contributed by atoms with E-state index in [4.69, 9.17) is 9.84 Å². The molecule has 1 saturated heterocycles. The Labute approximate surface area is 109 Å². The van der Waals surface area contributed by atoms with Crippen molar-refractivity contribution in [2.75, 3.05) is 13.2 Å². The van der Waals surface area contributed by atoms with Gasteiger partial charge in [-0.2, -0.15) is 0 Å². The Balaban J connectivity index is 2.19. The molecule has 3 nitrogen and oxygen atoms in total. The van der Waals surface area contributed by atoms with Crippen LogP contribution >= 0.6 is 15.9 Å². The predicted molar refractivity (Wildman–Crippen MR) is 68.1 cm³/mol. The summed E-state index contributed by atoms with van der Waals surface area (Å²) in [7, 11) is 0. The fourth-order valence-corrected chi connectivity index (χ4v) is 2.49. The molecule has 0 saturated carbocycles. The maximum absolute atomic E-state index is 11.0. The summed E-state index contributed by atoms with van der Waals surface area (Å²) in [4.78, 5) is 11.0. The number of ether oxygens (including phenoxy) is 1. The minimum atomic E-state index is -0.742. The van der Waals surface area contributed by atoms with Crippen molar-refractivity contribution in [3.05, 3.63) is 34.3 Å². The predicted octanol–water partition coefficient (Wildman–Crippen LogP) is 2.83. The lowest BCUT2D eigenvalue weighted by atomic mass is 9.72. The second kappa shape index (κ2) is 4.78. The van der Waals surface area contributed by atoms with E-state index in [-0.39, 0.29) is 11.3 Å². The molecule has 2 rings (SSSR count). The highest BCUT2D eigenvalue weighted by Gasteiger charge is 2.42. The van der Waals surface area contributed by atoms with Crippen LogP contribution in [0.4, 0.5) is 0 Å². The van der Waals surface area contributed by atoms with E-state index in [9.17, 15) is 4.79 Å². The van der Waals surface area contributed by atoms with Crippen LogP contribution in [0.15, 0.2) is 28.7 Å². The zero-order valence-electron chi connectivity index (χ0n) is 9.65. The second-order valence-electron chi connectivity index (χ2n) is 4.72. The molecule has 92 valence electrons. The fourth-order valence-electron chi connectivity index (χ4n) is 2.23. The highest BCUT2D eigenvalue weighted by Crippen LogP contribution is 2.38. The molecule has 0 spiro atoms. The summed E-state index contributed by atoms with van der Waals surface area (Å²) in [5.74, 6) is -1.09. The van der Waals surface area contributed by atoms with Crippen LogP contribution in [0.1, 0.15) is 18.9 Å². The van der Waals surface area contributed by atoms with E-state index in [0.29, 0.717) is 19.6 Å². The molecule has 1 N–H and O–H groups in total. The number of hydrogen-bond acceptors (Lipinski definition) is 2. The molecule has 1 unspecified atom stereocenters. The first kappa shape index (κ1) is 12.6. The van der Waals surface area contributed by atoms with Gasteiger partial charge in [0.25, 0.3) is 0 Å². The Kier molecular flexibility index (Phi) is 3.54. The highest BCUT2D eigenvalue weighted by atomic mass is 79.9. The average molecular weight is 299 g/mol. The van der Waals surface area contributed by atoms with Gasteiger partial charge in [0.15, 0.2) is 0 Å². The van der Waals surface area contributed by atoms with E-state index in [1.54, 1.807) is 6.92 Å². The van der Waals surface area contributed by atoms with E-state index >= 15 is 0 Å². The number of hydrogen-bond donors (Lipinski definition) is 1. The molecule has 1 atom stereocenters. The van der Waals surface area contributed by atoms with Crippen molar-refractivity contribution in [1.29, 1.82) is 0 Å². The number of carboxylic acid groups (broad SMARTS) is 1. The van der Waals surface area contributed by atoms with Crippen molar-refractivity contribution in [2.24, 2.45) is 5.92 Å². The van der Waals surface area contributed by atoms with Crippen molar-refractivity contribution in [3.8, 4) is 0 Å². The number of halogens is 1. The average Bonchev–Trinajstić information content (AvgIpc) is 2.24. The third kappa shape index (κ3) is 2.53. The van der Waals surface area contributed by atoms with Crippen LogP contribution in [0.25, 0.3) is 0 Å². The van der Waals surface area contributed by atoms with Gasteiger partial charge in [-0.3, -0.25) is 4.79 Å². The summed E-state index contributed by atoms with van der Waals surface area (Å²) in [5, 5.41) is 9.01. The molecule has 1 fully saturated rings. The summed E-state index contributed by atoms with van der Waals surface area (Å²) in [5.41, 5.74) is 1.05.